The molecule has 0 saturated heterocycles. The van der Waals surface area contributed by atoms with Crippen molar-refractivity contribution >= 4 is 0 Å². The lowest BCUT2D eigenvalue weighted by Crippen LogP contribution is -2.26. The molecule has 16 nitrogen and oxygen atoms in total. The van der Waals surface area contributed by atoms with E-state index in [0.717, 1.165) is 89.0 Å². The smallest absolute Gasteiger partial charge is 0.123 e. The van der Waals surface area contributed by atoms with Gasteiger partial charge in [-0.2, -0.15) is 0 Å². The molecule has 4 N–H and O–H groups in total. The molecule has 0 aliphatic heterocycles. The molecule has 642 valence electrons. The van der Waals surface area contributed by atoms with Crippen LogP contribution in [0.15, 0.2) is 400 Å². The Labute approximate surface area is 747 Å². The van der Waals surface area contributed by atoms with E-state index in [-0.39, 0.29) is 39.6 Å². The second-order valence-electron chi connectivity index (χ2n) is 31.0. The normalized spacial score (nSPS) is 11.4. The van der Waals surface area contributed by atoms with Gasteiger partial charge in [0, 0.05) is 48.5 Å². The van der Waals surface area contributed by atoms with Crippen LogP contribution < -0.4 is 77.8 Å². The van der Waals surface area contributed by atoms with Gasteiger partial charge in [0.2, 0.25) is 0 Å². The van der Waals surface area contributed by atoms with Crippen molar-refractivity contribution in [1.82, 2.24) is 0 Å². The molecule has 0 radical (unpaired) electrons. The fourth-order valence-corrected chi connectivity index (χ4v) is 14.2. The van der Waals surface area contributed by atoms with Crippen LogP contribution in [0.1, 0.15) is 101 Å². The predicted octanol–water partition coefficient (Wildman–Crippen LogP) is 24.5. The second kappa shape index (κ2) is 44.8. The Bertz CT molecular complexity index is 5170. The summed E-state index contributed by atoms with van der Waals surface area (Å²) in [6.07, 6.45) is 0. The minimum atomic E-state index is -0.578. The quantitative estimate of drug-likeness (QED) is 0.0367. The molecule has 0 aliphatic rings. The number of benzene rings is 16. The monoisotopic (exact) mass is 1700 g/mol. The van der Waals surface area contributed by atoms with Crippen LogP contribution in [0.3, 0.4) is 0 Å². The van der Waals surface area contributed by atoms with Gasteiger partial charge in [-0.25, -0.2) is 0 Å². The highest BCUT2D eigenvalue weighted by atomic mass is 16.5. The van der Waals surface area contributed by atoms with E-state index in [1.54, 1.807) is 0 Å². The first-order valence-corrected chi connectivity index (χ1v) is 42.7. The summed E-state index contributed by atoms with van der Waals surface area (Å²) in [6, 6.07) is 130. The van der Waals surface area contributed by atoms with Gasteiger partial charge in [0.25, 0.3) is 0 Å². The van der Waals surface area contributed by atoms with Crippen molar-refractivity contribution in [2.75, 3.05) is 0 Å². The SMILES string of the molecule is N[C@H](c1ccc(OCc2cc(OCc3cc(OCc4ccccc4)cc(OCc4ccccc4)c3)cc(OCc3cc(OCc4ccccc4)cc(OCc4ccccc4)c3)c2)cc1)[C@H](N)c1ccc(OCc2cc(OCc3cc(OCc4ccccc4)cc(OCc4ccccc4)c3)cc(OCc3cc(OCc4ccccc4)cc(OCc4ccccc4)c3)c2)cc1. The number of hydrogen-bond donors (Lipinski definition) is 2. The maximum Gasteiger partial charge on any atom is 0.123 e. The van der Waals surface area contributed by atoms with Crippen LogP contribution in [0.2, 0.25) is 0 Å². The van der Waals surface area contributed by atoms with Gasteiger partial charge in [-0.05, 0) is 186 Å². The van der Waals surface area contributed by atoms with E-state index >= 15 is 0 Å². The van der Waals surface area contributed by atoms with E-state index in [9.17, 15) is 0 Å². The molecule has 0 fully saturated rings. The molecule has 0 unspecified atom stereocenters. The molecule has 16 heteroatoms. The number of nitrogens with two attached hydrogens (primary N) is 2. The lowest BCUT2D eigenvalue weighted by Gasteiger charge is -2.21. The Morgan fingerprint density at radius 2 is 0.242 bits per heavy atom. The lowest BCUT2D eigenvalue weighted by molar-refractivity contribution is 0.273. The fourth-order valence-electron chi connectivity index (χ4n) is 14.2. The summed E-state index contributed by atoms with van der Waals surface area (Å²) in [7, 11) is 0. The largest absolute Gasteiger partial charge is 0.489 e. The molecule has 0 bridgehead atoms. The highest BCUT2D eigenvalue weighted by Gasteiger charge is 2.20. The molecule has 0 spiro atoms. The van der Waals surface area contributed by atoms with Gasteiger partial charge in [-0.15, -0.1) is 0 Å². The predicted molar refractivity (Wildman–Crippen MR) is 498 cm³/mol. The van der Waals surface area contributed by atoms with Crippen LogP contribution in [-0.4, -0.2) is 0 Å². The Morgan fingerprint density at radius 3 is 0.375 bits per heavy atom. The van der Waals surface area contributed by atoms with Gasteiger partial charge >= 0.3 is 0 Å². The molecular formula is C112H100N2O14. The summed E-state index contributed by atoms with van der Waals surface area (Å²) in [4.78, 5) is 0. The number of rotatable bonds is 45. The van der Waals surface area contributed by atoms with Crippen molar-refractivity contribution in [3.05, 3.63) is 489 Å². The average Bonchev–Trinajstić information content (AvgIpc) is 0.843. The molecule has 0 aromatic heterocycles. The van der Waals surface area contributed by atoms with Crippen LogP contribution >= 0.6 is 0 Å². The zero-order chi connectivity index (χ0) is 86.9. The highest BCUT2D eigenvalue weighted by molar-refractivity contribution is 5.47. The van der Waals surface area contributed by atoms with Crippen molar-refractivity contribution < 1.29 is 66.3 Å². The summed E-state index contributed by atoms with van der Waals surface area (Å²) < 4.78 is 91.1. The van der Waals surface area contributed by atoms with Crippen molar-refractivity contribution in [3.63, 3.8) is 0 Å². The van der Waals surface area contributed by atoms with Crippen LogP contribution in [0, 0.1) is 0 Å². The summed E-state index contributed by atoms with van der Waals surface area (Å²) in [5.74, 6) is 8.65. The zero-order valence-corrected chi connectivity index (χ0v) is 71.0. The molecule has 0 heterocycles. The van der Waals surface area contributed by atoms with E-state index in [4.69, 9.17) is 77.8 Å². The third kappa shape index (κ3) is 26.8. The van der Waals surface area contributed by atoms with Crippen molar-refractivity contribution in [1.29, 1.82) is 0 Å². The van der Waals surface area contributed by atoms with E-state index in [1.807, 2.05) is 400 Å². The standard InChI is InChI=1S/C112H100N2O14/c113-111(95-41-45-97(46-42-95)115-75-89-49-107(125-77-91-53-99(117-67-81-25-9-1-10-26-81)61-100(54-91)118-68-82-27-11-2-12-28-82)65-108(50-89)126-78-92-55-101(119-69-83-29-13-3-14-30-83)62-102(56-92)120-70-84-31-15-4-16-32-84)112(114)96-43-47-98(48-44-96)116-76-90-51-109(127-79-93-57-103(121-71-85-33-17-5-18-34-85)63-104(58-93)122-72-86-35-19-6-20-36-86)66-110(52-90)128-80-94-59-105(123-73-87-37-21-7-22-38-87)64-106(60-94)124-74-88-39-23-8-24-40-88/h1-66,111-112H,67-80,113-114H2/t111-,112-/m1/s1. The summed E-state index contributed by atoms with van der Waals surface area (Å²) in [6.45, 7) is 4.10. The summed E-state index contributed by atoms with van der Waals surface area (Å²) in [5, 5.41) is 0. The maximum absolute atomic E-state index is 7.04. The van der Waals surface area contributed by atoms with Crippen LogP contribution in [0.25, 0.3) is 0 Å². The molecule has 16 aromatic rings. The highest BCUT2D eigenvalue weighted by Crippen LogP contribution is 2.36. The first kappa shape index (κ1) is 86.2. The van der Waals surface area contributed by atoms with Gasteiger partial charge in [0.05, 0.1) is 0 Å². The lowest BCUT2D eigenvalue weighted by atomic mass is 9.95. The molecule has 0 saturated carbocycles. The molecule has 0 aliphatic carbocycles. The number of hydrogen-bond acceptors (Lipinski definition) is 16. The van der Waals surface area contributed by atoms with Crippen molar-refractivity contribution in [3.8, 4) is 80.5 Å². The zero-order valence-electron chi connectivity index (χ0n) is 71.0. The second-order valence-corrected chi connectivity index (χ2v) is 31.0. The topological polar surface area (TPSA) is 181 Å². The third-order valence-electron chi connectivity index (χ3n) is 21.0. The fraction of sp³-hybridized carbons (Fsp3) is 0.143. The Morgan fingerprint density at radius 1 is 0.125 bits per heavy atom. The van der Waals surface area contributed by atoms with Crippen molar-refractivity contribution in [2.45, 2.75) is 105 Å². The van der Waals surface area contributed by atoms with Gasteiger partial charge in [0.15, 0.2) is 0 Å². The molecular weight excluding hydrogens is 1600 g/mol. The van der Waals surface area contributed by atoms with E-state index in [0.29, 0.717) is 133 Å². The molecule has 2 atom stereocenters. The van der Waals surface area contributed by atoms with Crippen LogP contribution in [0.5, 0.6) is 80.5 Å². The van der Waals surface area contributed by atoms with Gasteiger partial charge in [-0.3, -0.25) is 0 Å². The third-order valence-corrected chi connectivity index (χ3v) is 21.0. The van der Waals surface area contributed by atoms with Gasteiger partial charge in [0.1, 0.15) is 173 Å². The minimum absolute atomic E-state index is 0.171. The average molecular weight is 1700 g/mol. The van der Waals surface area contributed by atoms with Gasteiger partial charge in [-0.1, -0.05) is 267 Å². The summed E-state index contributed by atoms with van der Waals surface area (Å²) >= 11 is 0. The molecule has 16 rings (SSSR count). The van der Waals surface area contributed by atoms with E-state index in [2.05, 4.69) is 0 Å². The molecule has 128 heavy (non-hydrogen) atoms. The number of ether oxygens (including phenoxy) is 14. The Balaban J connectivity index is 0.603. The van der Waals surface area contributed by atoms with Crippen LogP contribution in [-0.2, 0) is 92.5 Å². The Kier molecular flexibility index (Phi) is 30.2. The van der Waals surface area contributed by atoms with Gasteiger partial charge < -0.3 is 77.8 Å². The first-order valence-electron chi connectivity index (χ1n) is 42.7. The molecule has 0 amide bonds. The minimum Gasteiger partial charge on any atom is -0.489 e. The first-order chi connectivity index (χ1) is 63.1. The maximum atomic E-state index is 7.04. The summed E-state index contributed by atoms with van der Waals surface area (Å²) in [5.41, 5.74) is 29.0. The Hall–Kier alpha value is -15.4. The molecule has 16 aromatic carbocycles. The van der Waals surface area contributed by atoms with Crippen molar-refractivity contribution in [2.24, 2.45) is 11.5 Å². The van der Waals surface area contributed by atoms with E-state index in [1.165, 1.54) is 0 Å². The van der Waals surface area contributed by atoms with Crippen LogP contribution in [0.4, 0.5) is 0 Å². The van der Waals surface area contributed by atoms with E-state index < -0.39 is 12.1 Å².